The van der Waals surface area contributed by atoms with Gasteiger partial charge in [0.25, 0.3) is 0 Å². The van der Waals surface area contributed by atoms with Gasteiger partial charge in [-0.1, -0.05) is 6.07 Å². The second kappa shape index (κ2) is 5.58. The largest absolute Gasteiger partial charge is 0.416 e. The average Bonchev–Trinajstić information content (AvgIpc) is 2.28. The lowest BCUT2D eigenvalue weighted by atomic mass is 10.1. The van der Waals surface area contributed by atoms with Crippen LogP contribution in [0.3, 0.4) is 0 Å². The molecule has 6 heteroatoms. The van der Waals surface area contributed by atoms with Gasteiger partial charge in [-0.25, -0.2) is 0 Å². The smallest absolute Gasteiger partial charge is 0.399 e. The van der Waals surface area contributed by atoms with Gasteiger partial charge in [0.15, 0.2) is 0 Å². The molecule has 1 rings (SSSR count). The number of rotatable bonds is 4. The van der Waals surface area contributed by atoms with Gasteiger partial charge in [-0.2, -0.15) is 13.2 Å². The molecule has 0 radical (unpaired) electrons. The van der Waals surface area contributed by atoms with Crippen molar-refractivity contribution < 1.29 is 18.3 Å². The molecule has 0 aliphatic carbocycles. The van der Waals surface area contributed by atoms with Gasteiger partial charge >= 0.3 is 6.18 Å². The molecule has 0 saturated carbocycles. The quantitative estimate of drug-likeness (QED) is 0.817. The van der Waals surface area contributed by atoms with Crippen LogP contribution in [0.1, 0.15) is 18.1 Å². The number of hydrogen-bond donors (Lipinski definition) is 2. The zero-order valence-electron chi connectivity index (χ0n) is 10.3. The van der Waals surface area contributed by atoms with E-state index in [2.05, 4.69) is 0 Å². The summed E-state index contributed by atoms with van der Waals surface area (Å²) in [4.78, 5) is 1.65. The monoisotopic (exact) mass is 262 g/mol. The minimum absolute atomic E-state index is 0.0870. The summed E-state index contributed by atoms with van der Waals surface area (Å²) in [6.07, 6.45) is -4.42. The highest BCUT2D eigenvalue weighted by atomic mass is 19.4. The lowest BCUT2D eigenvalue weighted by Crippen LogP contribution is -2.32. The Labute approximate surface area is 104 Å². The molecule has 0 aliphatic rings. The van der Waals surface area contributed by atoms with Crippen LogP contribution in [0.2, 0.25) is 0 Å². The summed E-state index contributed by atoms with van der Waals surface area (Å²) in [6, 6.07) is 3.55. The van der Waals surface area contributed by atoms with Gasteiger partial charge in [-0.05, 0) is 31.7 Å². The van der Waals surface area contributed by atoms with Crippen molar-refractivity contribution in [3.05, 3.63) is 29.3 Å². The molecule has 3 nitrogen and oxygen atoms in total. The normalized spacial score (nSPS) is 13.9. The van der Waals surface area contributed by atoms with E-state index in [9.17, 15) is 13.2 Å². The molecule has 1 aromatic rings. The van der Waals surface area contributed by atoms with Crippen LogP contribution < -0.4 is 5.73 Å². The number of benzene rings is 1. The molecule has 0 bridgehead atoms. The molecule has 1 unspecified atom stereocenters. The van der Waals surface area contributed by atoms with E-state index < -0.39 is 11.7 Å². The number of hydrogen-bond acceptors (Lipinski definition) is 3. The van der Waals surface area contributed by atoms with Crippen molar-refractivity contribution in [2.75, 3.05) is 19.4 Å². The van der Waals surface area contributed by atoms with Crippen molar-refractivity contribution in [1.82, 2.24) is 4.90 Å². The van der Waals surface area contributed by atoms with Crippen LogP contribution in [0.4, 0.5) is 18.9 Å². The van der Waals surface area contributed by atoms with Crippen molar-refractivity contribution >= 4 is 5.69 Å². The molecule has 0 fully saturated rings. The van der Waals surface area contributed by atoms with Crippen LogP contribution in [-0.4, -0.2) is 29.7 Å². The molecule has 102 valence electrons. The van der Waals surface area contributed by atoms with Crippen molar-refractivity contribution in [1.29, 1.82) is 0 Å². The van der Waals surface area contributed by atoms with Crippen LogP contribution in [0.25, 0.3) is 0 Å². The fourth-order valence-corrected chi connectivity index (χ4v) is 1.56. The Balaban J connectivity index is 3.02. The standard InChI is InChI=1S/C12H17F3N2O/c1-8(7-18)17(2)6-9-3-4-10(16)5-11(9)12(13,14)15/h3-5,8,18H,6-7,16H2,1-2H3. The second-order valence-electron chi connectivity index (χ2n) is 4.36. The molecule has 1 atom stereocenters. The fraction of sp³-hybridized carbons (Fsp3) is 0.500. The third-order valence-electron chi connectivity index (χ3n) is 2.88. The third-order valence-corrected chi connectivity index (χ3v) is 2.88. The summed E-state index contributed by atoms with van der Waals surface area (Å²) in [5.41, 5.74) is 4.90. The van der Waals surface area contributed by atoms with E-state index in [0.29, 0.717) is 0 Å². The van der Waals surface area contributed by atoms with Crippen LogP contribution in [-0.2, 0) is 12.7 Å². The predicted octanol–water partition coefficient (Wildman–Crippen LogP) is 2.10. The zero-order valence-corrected chi connectivity index (χ0v) is 10.3. The number of nitrogens with zero attached hydrogens (tertiary/aromatic N) is 1. The van der Waals surface area contributed by atoms with Gasteiger partial charge in [-0.3, -0.25) is 4.90 Å². The van der Waals surface area contributed by atoms with Gasteiger partial charge in [-0.15, -0.1) is 0 Å². The summed E-state index contributed by atoms with van der Waals surface area (Å²) in [7, 11) is 1.66. The number of aliphatic hydroxyl groups excluding tert-OH is 1. The zero-order chi connectivity index (χ0) is 13.9. The average molecular weight is 262 g/mol. The summed E-state index contributed by atoms with van der Waals surface area (Å²) in [5.74, 6) is 0. The fourth-order valence-electron chi connectivity index (χ4n) is 1.56. The van der Waals surface area contributed by atoms with E-state index in [1.165, 1.54) is 12.1 Å². The highest BCUT2D eigenvalue weighted by Crippen LogP contribution is 2.33. The summed E-state index contributed by atoms with van der Waals surface area (Å²) in [6.45, 7) is 1.74. The van der Waals surface area contributed by atoms with Crippen LogP contribution in [0, 0.1) is 0 Å². The molecular formula is C12H17F3N2O. The van der Waals surface area contributed by atoms with Crippen molar-refractivity contribution in [3.63, 3.8) is 0 Å². The predicted molar refractivity (Wildman–Crippen MR) is 63.9 cm³/mol. The first-order chi connectivity index (χ1) is 8.25. The van der Waals surface area contributed by atoms with Gasteiger partial charge in [0, 0.05) is 18.3 Å². The first kappa shape index (κ1) is 14.8. The SMILES string of the molecule is CC(CO)N(C)Cc1ccc(N)cc1C(F)(F)F. The maximum atomic E-state index is 12.8. The van der Waals surface area contributed by atoms with Crippen LogP contribution in [0.15, 0.2) is 18.2 Å². The Morgan fingerprint density at radius 2 is 2.00 bits per heavy atom. The first-order valence-electron chi connectivity index (χ1n) is 5.52. The molecule has 0 amide bonds. The minimum Gasteiger partial charge on any atom is -0.399 e. The molecule has 0 saturated heterocycles. The summed E-state index contributed by atoms with van der Waals surface area (Å²) < 4.78 is 38.5. The van der Waals surface area contributed by atoms with Gasteiger partial charge in [0.2, 0.25) is 0 Å². The topological polar surface area (TPSA) is 49.5 Å². The van der Waals surface area contributed by atoms with E-state index in [4.69, 9.17) is 10.8 Å². The Morgan fingerprint density at radius 1 is 1.39 bits per heavy atom. The highest BCUT2D eigenvalue weighted by molar-refractivity contribution is 5.46. The maximum Gasteiger partial charge on any atom is 0.416 e. The third kappa shape index (κ3) is 3.61. The number of nitrogens with two attached hydrogens (primary N) is 1. The summed E-state index contributed by atoms with van der Waals surface area (Å²) >= 11 is 0. The van der Waals surface area contributed by atoms with E-state index in [-0.39, 0.29) is 30.4 Å². The van der Waals surface area contributed by atoms with Crippen molar-refractivity contribution in [3.8, 4) is 0 Å². The van der Waals surface area contributed by atoms with Crippen molar-refractivity contribution in [2.45, 2.75) is 25.7 Å². The Bertz CT molecular complexity index is 407. The summed E-state index contributed by atoms with van der Waals surface area (Å²) in [5, 5.41) is 8.97. The van der Waals surface area contributed by atoms with Crippen LogP contribution >= 0.6 is 0 Å². The van der Waals surface area contributed by atoms with Crippen molar-refractivity contribution in [2.24, 2.45) is 0 Å². The van der Waals surface area contributed by atoms with E-state index in [1.807, 2.05) is 0 Å². The van der Waals surface area contributed by atoms with Gasteiger partial charge < -0.3 is 10.8 Å². The Morgan fingerprint density at radius 3 is 2.50 bits per heavy atom. The van der Waals surface area contributed by atoms with E-state index in [1.54, 1.807) is 18.9 Å². The lowest BCUT2D eigenvalue weighted by Gasteiger charge is -2.24. The minimum atomic E-state index is -4.42. The number of likely N-dealkylation sites (N-methyl/N-ethyl adjacent to an activating group) is 1. The van der Waals surface area contributed by atoms with Crippen LogP contribution in [0.5, 0.6) is 0 Å². The number of aliphatic hydroxyl groups is 1. The Kier molecular flexibility index (Phi) is 4.59. The van der Waals surface area contributed by atoms with E-state index in [0.717, 1.165) is 6.07 Å². The number of halogens is 3. The molecule has 0 heterocycles. The molecule has 18 heavy (non-hydrogen) atoms. The molecular weight excluding hydrogens is 245 g/mol. The maximum absolute atomic E-state index is 12.8. The van der Waals surface area contributed by atoms with E-state index >= 15 is 0 Å². The molecule has 0 aliphatic heterocycles. The molecule has 3 N–H and O–H groups in total. The molecule has 0 aromatic heterocycles. The molecule has 1 aromatic carbocycles. The Hall–Kier alpha value is -1.27. The number of anilines is 1. The molecule has 0 spiro atoms. The van der Waals surface area contributed by atoms with Gasteiger partial charge in [0.1, 0.15) is 0 Å². The number of alkyl halides is 3. The van der Waals surface area contributed by atoms with Gasteiger partial charge in [0.05, 0.1) is 12.2 Å². The lowest BCUT2D eigenvalue weighted by molar-refractivity contribution is -0.138. The number of nitrogen functional groups attached to an aromatic ring is 1. The highest BCUT2D eigenvalue weighted by Gasteiger charge is 2.33. The first-order valence-corrected chi connectivity index (χ1v) is 5.52. The second-order valence-corrected chi connectivity index (χ2v) is 4.36.